The Labute approximate surface area is 140 Å². The van der Waals surface area contributed by atoms with Crippen LogP contribution in [0.5, 0.6) is 0 Å². The molecule has 120 valence electrons. The lowest BCUT2D eigenvalue weighted by Crippen LogP contribution is -2.27. The van der Waals surface area contributed by atoms with E-state index in [1.165, 1.54) is 11.1 Å². The van der Waals surface area contributed by atoms with Crippen molar-refractivity contribution in [3.05, 3.63) is 40.4 Å². The average molecular weight is 367 g/mol. The summed E-state index contributed by atoms with van der Waals surface area (Å²) < 4.78 is 6.22. The fourth-order valence-electron chi connectivity index (χ4n) is 2.56. The van der Waals surface area contributed by atoms with Gasteiger partial charge in [0.1, 0.15) is 5.60 Å². The monoisotopic (exact) mass is 366 g/mol. The summed E-state index contributed by atoms with van der Waals surface area (Å²) in [5, 5.41) is 6.26. The van der Waals surface area contributed by atoms with Crippen molar-refractivity contribution in [1.82, 2.24) is 5.32 Å². The van der Waals surface area contributed by atoms with Gasteiger partial charge < -0.3 is 10.1 Å². The Kier molecular flexibility index (Phi) is 5.29. The first kappa shape index (κ1) is 17.0. The smallest absolute Gasteiger partial charge is 0.412 e. The maximum absolute atomic E-state index is 11.8. The van der Waals surface area contributed by atoms with Crippen molar-refractivity contribution in [3.63, 3.8) is 0 Å². The average Bonchev–Trinajstić information content (AvgIpc) is 2.76. The number of amides is 1. The minimum Gasteiger partial charge on any atom is -0.444 e. The number of aryl methyl sites for hydroxylation is 1. The molecule has 2 rings (SSSR count). The third-order valence-corrected chi connectivity index (χ3v) is 3.69. The number of hydrogen-bond donors (Lipinski definition) is 2. The van der Waals surface area contributed by atoms with Crippen LogP contribution in [0.3, 0.4) is 0 Å². The number of carbonyl (C=O) groups excluding carboxylic acids is 1. The summed E-state index contributed by atoms with van der Waals surface area (Å²) >= 11 is 3.37. The normalized spacial score (nSPS) is 17.0. The van der Waals surface area contributed by atoms with Crippen molar-refractivity contribution in [2.45, 2.75) is 45.3 Å². The van der Waals surface area contributed by atoms with Gasteiger partial charge in [-0.1, -0.05) is 28.6 Å². The van der Waals surface area contributed by atoms with Crippen LogP contribution in [-0.2, 0) is 11.2 Å². The molecular weight excluding hydrogens is 344 g/mol. The lowest BCUT2D eigenvalue weighted by molar-refractivity contribution is 0.0636. The second-order valence-electron chi connectivity index (χ2n) is 6.53. The molecule has 22 heavy (non-hydrogen) atoms. The minimum absolute atomic E-state index is 0.347. The molecule has 1 atom stereocenters. The Hall–Kier alpha value is -1.33. The van der Waals surface area contributed by atoms with E-state index in [4.69, 9.17) is 4.74 Å². The van der Waals surface area contributed by atoms with Crippen molar-refractivity contribution in [1.29, 1.82) is 0 Å². The Bertz CT molecular complexity index is 579. The molecule has 0 fully saturated rings. The summed E-state index contributed by atoms with van der Waals surface area (Å²) in [7, 11) is 0. The predicted octanol–water partition coefficient (Wildman–Crippen LogP) is 4.52. The molecule has 1 aromatic carbocycles. The van der Waals surface area contributed by atoms with Gasteiger partial charge in [0.2, 0.25) is 0 Å². The van der Waals surface area contributed by atoms with Crippen molar-refractivity contribution in [3.8, 4) is 0 Å². The highest BCUT2D eigenvalue weighted by molar-refractivity contribution is 9.11. The first-order valence-electron chi connectivity index (χ1n) is 7.44. The summed E-state index contributed by atoms with van der Waals surface area (Å²) in [5.41, 5.74) is 2.85. The van der Waals surface area contributed by atoms with Crippen molar-refractivity contribution < 1.29 is 9.53 Å². The highest BCUT2D eigenvalue weighted by Crippen LogP contribution is 2.33. The number of ether oxygens (including phenoxy) is 1. The van der Waals surface area contributed by atoms with Crippen LogP contribution in [-0.4, -0.2) is 18.2 Å². The van der Waals surface area contributed by atoms with E-state index in [1.807, 2.05) is 32.9 Å². The third kappa shape index (κ3) is 4.85. The van der Waals surface area contributed by atoms with Gasteiger partial charge in [-0.25, -0.2) is 4.79 Å². The van der Waals surface area contributed by atoms with Gasteiger partial charge in [-0.15, -0.1) is 0 Å². The zero-order valence-corrected chi connectivity index (χ0v) is 14.9. The molecule has 1 unspecified atom stereocenters. The van der Waals surface area contributed by atoms with Crippen LogP contribution in [0, 0.1) is 0 Å². The van der Waals surface area contributed by atoms with Gasteiger partial charge in [0, 0.05) is 22.8 Å². The zero-order valence-electron chi connectivity index (χ0n) is 13.3. The Morgan fingerprint density at radius 1 is 1.45 bits per heavy atom. The van der Waals surface area contributed by atoms with Gasteiger partial charge >= 0.3 is 6.09 Å². The molecule has 2 N–H and O–H groups in total. The van der Waals surface area contributed by atoms with Gasteiger partial charge in [-0.05, 0) is 56.9 Å². The molecule has 0 spiro atoms. The van der Waals surface area contributed by atoms with Crippen LogP contribution in [0.25, 0.3) is 0 Å². The Morgan fingerprint density at radius 2 is 2.18 bits per heavy atom. The van der Waals surface area contributed by atoms with Crippen LogP contribution in [0.15, 0.2) is 29.3 Å². The lowest BCUT2D eigenvalue weighted by atomic mass is 10.1. The minimum atomic E-state index is -0.492. The first-order chi connectivity index (χ1) is 10.2. The first-order valence-corrected chi connectivity index (χ1v) is 8.23. The fourth-order valence-corrected chi connectivity index (χ4v) is 2.72. The van der Waals surface area contributed by atoms with E-state index in [9.17, 15) is 4.79 Å². The molecule has 0 saturated heterocycles. The molecule has 0 heterocycles. The molecule has 5 heteroatoms. The highest BCUT2D eigenvalue weighted by atomic mass is 79.9. The second-order valence-corrected chi connectivity index (χ2v) is 7.65. The van der Waals surface area contributed by atoms with Gasteiger partial charge in [-0.3, -0.25) is 5.32 Å². The van der Waals surface area contributed by atoms with E-state index in [1.54, 1.807) is 0 Å². The molecule has 1 aromatic rings. The summed E-state index contributed by atoms with van der Waals surface area (Å²) in [5.74, 6) is 0. The van der Waals surface area contributed by atoms with Gasteiger partial charge in [0.15, 0.2) is 0 Å². The Balaban J connectivity index is 2.01. The number of benzene rings is 1. The van der Waals surface area contributed by atoms with E-state index in [0.717, 1.165) is 29.6 Å². The Morgan fingerprint density at radius 3 is 2.82 bits per heavy atom. The second kappa shape index (κ2) is 6.84. The molecule has 0 bridgehead atoms. The molecule has 0 aromatic heterocycles. The van der Waals surface area contributed by atoms with E-state index in [0.29, 0.717) is 6.04 Å². The van der Waals surface area contributed by atoms with E-state index in [2.05, 4.69) is 39.2 Å². The zero-order chi connectivity index (χ0) is 16.3. The summed E-state index contributed by atoms with van der Waals surface area (Å²) in [6.45, 7) is 10.1. The lowest BCUT2D eigenvalue weighted by Gasteiger charge is -2.20. The molecule has 0 aliphatic heterocycles. The topological polar surface area (TPSA) is 50.4 Å². The number of carbonyl (C=O) groups is 1. The standard InChI is InChI=1S/C17H23BrN2O2/c1-11(18)10-19-15-8-5-12-9-13(6-7-14(12)15)20-16(21)22-17(2,3)4/h6-7,9,15,19H,1,5,8,10H2,2-4H3,(H,20,21). The third-order valence-electron chi connectivity index (χ3n) is 3.41. The largest absolute Gasteiger partial charge is 0.444 e. The number of rotatable bonds is 4. The summed E-state index contributed by atoms with van der Waals surface area (Å²) in [4.78, 5) is 11.8. The number of halogens is 1. The van der Waals surface area contributed by atoms with Crippen LogP contribution < -0.4 is 10.6 Å². The van der Waals surface area contributed by atoms with E-state index < -0.39 is 11.7 Å². The molecule has 1 amide bonds. The maximum Gasteiger partial charge on any atom is 0.412 e. The SMILES string of the molecule is C=C(Br)CNC1CCc2cc(NC(=O)OC(C)(C)C)ccc21. The maximum atomic E-state index is 11.8. The number of fused-ring (bicyclic) bond motifs is 1. The van der Waals surface area contributed by atoms with Gasteiger partial charge in [0.05, 0.1) is 0 Å². The molecule has 1 aliphatic rings. The van der Waals surface area contributed by atoms with Crippen molar-refractivity contribution in [2.24, 2.45) is 0 Å². The number of anilines is 1. The van der Waals surface area contributed by atoms with Crippen LogP contribution >= 0.6 is 15.9 Å². The molecule has 0 saturated carbocycles. The van der Waals surface area contributed by atoms with Gasteiger partial charge in [-0.2, -0.15) is 0 Å². The van der Waals surface area contributed by atoms with Crippen LogP contribution in [0.2, 0.25) is 0 Å². The number of hydrogen-bond acceptors (Lipinski definition) is 3. The fraction of sp³-hybridized carbons (Fsp3) is 0.471. The molecule has 1 aliphatic carbocycles. The van der Waals surface area contributed by atoms with Gasteiger partial charge in [0.25, 0.3) is 0 Å². The summed E-state index contributed by atoms with van der Waals surface area (Å²) in [6, 6.07) is 6.37. The van der Waals surface area contributed by atoms with Crippen LogP contribution in [0.1, 0.15) is 44.4 Å². The van der Waals surface area contributed by atoms with E-state index >= 15 is 0 Å². The predicted molar refractivity (Wildman–Crippen MR) is 93.4 cm³/mol. The van der Waals surface area contributed by atoms with E-state index in [-0.39, 0.29) is 0 Å². The van der Waals surface area contributed by atoms with Crippen LogP contribution in [0.4, 0.5) is 10.5 Å². The quantitative estimate of drug-likeness (QED) is 0.823. The van der Waals surface area contributed by atoms with Crippen molar-refractivity contribution >= 4 is 27.7 Å². The summed E-state index contributed by atoms with van der Waals surface area (Å²) in [6.07, 6.45) is 1.65. The van der Waals surface area contributed by atoms with Crippen molar-refractivity contribution in [2.75, 3.05) is 11.9 Å². The number of nitrogens with one attached hydrogen (secondary N) is 2. The molecule has 4 nitrogen and oxygen atoms in total. The molecular formula is C17H23BrN2O2. The highest BCUT2D eigenvalue weighted by Gasteiger charge is 2.23. The molecule has 0 radical (unpaired) electrons.